The molecule has 0 spiro atoms. The van der Waals surface area contributed by atoms with Crippen LogP contribution in [0, 0.1) is 0 Å². The molecule has 2 aromatic rings. The maximum absolute atomic E-state index is 12.7. The van der Waals surface area contributed by atoms with Gasteiger partial charge in [0.2, 0.25) is 0 Å². The van der Waals surface area contributed by atoms with Crippen molar-refractivity contribution in [1.29, 1.82) is 0 Å². The number of hydrogen-bond donors (Lipinski definition) is 0. The number of ketones is 1. The molecule has 0 radical (unpaired) electrons. The van der Waals surface area contributed by atoms with Crippen LogP contribution in [0.25, 0.3) is 11.6 Å². The predicted octanol–water partition coefficient (Wildman–Crippen LogP) is 5.04. The maximum Gasteiger partial charge on any atom is 0.167 e. The van der Waals surface area contributed by atoms with Gasteiger partial charge in [-0.1, -0.05) is 57.2 Å². The summed E-state index contributed by atoms with van der Waals surface area (Å²) < 4.78 is 0. The van der Waals surface area contributed by atoms with Crippen LogP contribution in [-0.4, -0.2) is 5.78 Å². The Morgan fingerprint density at radius 2 is 1.57 bits per heavy atom. The normalized spacial score (nSPS) is 13.7. The minimum absolute atomic E-state index is 0.237. The summed E-state index contributed by atoms with van der Waals surface area (Å²) in [5, 5.41) is 0. The minimum Gasteiger partial charge on any atom is -0.294 e. The Bertz CT molecular complexity index is 763. The Morgan fingerprint density at radius 3 is 2.17 bits per heavy atom. The first-order valence-electron chi connectivity index (χ1n) is 8.65. The number of Topliss-reactive ketones (excluding diaryl/α,β-unsaturated/α-hetero) is 1. The molecule has 0 unspecified atom stereocenters. The smallest absolute Gasteiger partial charge is 0.167 e. The van der Waals surface area contributed by atoms with E-state index in [0.717, 1.165) is 30.4 Å². The van der Waals surface area contributed by atoms with E-state index in [1.165, 1.54) is 27.8 Å². The third-order valence-electron chi connectivity index (χ3n) is 4.84. The maximum atomic E-state index is 12.7. The fraction of sp³-hybridized carbons (Fsp3) is 0.318. The molecular formula is C22H24O. The van der Waals surface area contributed by atoms with E-state index in [0.29, 0.717) is 6.42 Å². The molecule has 118 valence electrons. The summed E-state index contributed by atoms with van der Waals surface area (Å²) in [5.74, 6) is 0.237. The standard InChI is InChI=1S/C22H24O/c1-4-15-7-9-18(10-8-15)21-13-19-12-16(5-2)11-17(6-3)20(19)14-22(21)23/h7-13H,4-6,14H2,1-3H3. The molecule has 0 fully saturated rings. The van der Waals surface area contributed by atoms with E-state index >= 15 is 0 Å². The molecule has 0 aromatic heterocycles. The molecular weight excluding hydrogens is 280 g/mol. The summed E-state index contributed by atoms with van der Waals surface area (Å²) in [6, 6.07) is 12.9. The number of fused-ring (bicyclic) bond motifs is 1. The molecule has 0 aliphatic heterocycles. The number of rotatable bonds is 4. The van der Waals surface area contributed by atoms with Gasteiger partial charge in [0.15, 0.2) is 5.78 Å². The van der Waals surface area contributed by atoms with Gasteiger partial charge in [-0.3, -0.25) is 4.79 Å². The second-order valence-electron chi connectivity index (χ2n) is 6.24. The average Bonchev–Trinajstić information content (AvgIpc) is 2.60. The van der Waals surface area contributed by atoms with Gasteiger partial charge in [-0.15, -0.1) is 0 Å². The first-order chi connectivity index (χ1) is 11.2. The van der Waals surface area contributed by atoms with Crippen LogP contribution in [0.4, 0.5) is 0 Å². The monoisotopic (exact) mass is 304 g/mol. The van der Waals surface area contributed by atoms with E-state index in [-0.39, 0.29) is 5.78 Å². The summed E-state index contributed by atoms with van der Waals surface area (Å²) in [4.78, 5) is 12.7. The summed E-state index contributed by atoms with van der Waals surface area (Å²) >= 11 is 0. The summed E-state index contributed by atoms with van der Waals surface area (Å²) in [5.41, 5.74) is 8.34. The third kappa shape index (κ3) is 3.01. The van der Waals surface area contributed by atoms with Crippen molar-refractivity contribution < 1.29 is 4.79 Å². The van der Waals surface area contributed by atoms with Crippen molar-refractivity contribution in [2.24, 2.45) is 0 Å². The Kier molecular flexibility index (Phi) is 4.47. The van der Waals surface area contributed by atoms with Gasteiger partial charge in [0.05, 0.1) is 0 Å². The van der Waals surface area contributed by atoms with Crippen LogP contribution in [0.1, 0.15) is 54.2 Å². The SMILES string of the molecule is CCc1ccc(C2=Cc3cc(CC)cc(CC)c3CC2=O)cc1. The molecule has 1 heteroatoms. The number of benzene rings is 2. The third-order valence-corrected chi connectivity index (χ3v) is 4.84. The second-order valence-corrected chi connectivity index (χ2v) is 6.24. The van der Waals surface area contributed by atoms with Crippen LogP contribution in [0.15, 0.2) is 36.4 Å². The largest absolute Gasteiger partial charge is 0.294 e. The highest BCUT2D eigenvalue weighted by atomic mass is 16.1. The lowest BCUT2D eigenvalue weighted by atomic mass is 9.83. The zero-order valence-corrected chi connectivity index (χ0v) is 14.3. The molecule has 0 heterocycles. The van der Waals surface area contributed by atoms with E-state index in [1.807, 2.05) is 0 Å². The molecule has 2 aromatic carbocycles. The molecule has 0 bridgehead atoms. The van der Waals surface area contributed by atoms with Crippen molar-refractivity contribution in [1.82, 2.24) is 0 Å². The van der Waals surface area contributed by atoms with Gasteiger partial charge in [-0.05, 0) is 58.7 Å². The van der Waals surface area contributed by atoms with E-state index in [1.54, 1.807) is 0 Å². The molecule has 0 atom stereocenters. The fourth-order valence-corrected chi connectivity index (χ4v) is 3.34. The Balaban J connectivity index is 2.09. The highest BCUT2D eigenvalue weighted by Crippen LogP contribution is 2.31. The quantitative estimate of drug-likeness (QED) is 0.773. The van der Waals surface area contributed by atoms with Crippen LogP contribution in [0.5, 0.6) is 0 Å². The molecule has 1 aliphatic carbocycles. The second kappa shape index (κ2) is 6.54. The van der Waals surface area contributed by atoms with Gasteiger partial charge in [-0.25, -0.2) is 0 Å². The minimum atomic E-state index is 0.237. The zero-order valence-electron chi connectivity index (χ0n) is 14.3. The Morgan fingerprint density at radius 1 is 0.870 bits per heavy atom. The van der Waals surface area contributed by atoms with Gasteiger partial charge >= 0.3 is 0 Å². The van der Waals surface area contributed by atoms with E-state index in [4.69, 9.17) is 0 Å². The highest BCUT2D eigenvalue weighted by molar-refractivity contribution is 6.27. The number of hydrogen-bond acceptors (Lipinski definition) is 1. The number of allylic oxidation sites excluding steroid dienone is 1. The Hall–Kier alpha value is -2.15. The molecule has 23 heavy (non-hydrogen) atoms. The van der Waals surface area contributed by atoms with E-state index in [9.17, 15) is 4.79 Å². The summed E-state index contributed by atoms with van der Waals surface area (Å²) in [6.45, 7) is 6.50. The molecule has 0 N–H and O–H groups in total. The van der Waals surface area contributed by atoms with Gasteiger partial charge in [0, 0.05) is 12.0 Å². The van der Waals surface area contributed by atoms with Crippen LogP contribution < -0.4 is 0 Å². The van der Waals surface area contributed by atoms with Crippen LogP contribution in [0.2, 0.25) is 0 Å². The average molecular weight is 304 g/mol. The summed E-state index contributed by atoms with van der Waals surface area (Å²) in [6.07, 6.45) is 5.67. The zero-order chi connectivity index (χ0) is 16.4. The van der Waals surface area contributed by atoms with Crippen LogP contribution in [-0.2, 0) is 30.5 Å². The van der Waals surface area contributed by atoms with Crippen molar-refractivity contribution in [3.8, 4) is 0 Å². The molecule has 0 saturated carbocycles. The van der Waals surface area contributed by atoms with Gasteiger partial charge in [-0.2, -0.15) is 0 Å². The molecule has 1 aliphatic rings. The molecule has 3 rings (SSSR count). The number of aryl methyl sites for hydroxylation is 3. The highest BCUT2D eigenvalue weighted by Gasteiger charge is 2.22. The molecule has 0 amide bonds. The van der Waals surface area contributed by atoms with Crippen molar-refractivity contribution >= 4 is 17.4 Å². The van der Waals surface area contributed by atoms with Crippen molar-refractivity contribution in [2.45, 2.75) is 46.5 Å². The molecule has 0 saturated heterocycles. The molecule has 1 nitrogen and oxygen atoms in total. The lowest BCUT2D eigenvalue weighted by molar-refractivity contribution is -0.113. The van der Waals surface area contributed by atoms with Gasteiger partial charge in [0.1, 0.15) is 0 Å². The fourth-order valence-electron chi connectivity index (χ4n) is 3.34. The number of carbonyl (C=O) groups is 1. The number of carbonyl (C=O) groups excluding carboxylic acids is 1. The lowest BCUT2D eigenvalue weighted by Gasteiger charge is -2.20. The van der Waals surface area contributed by atoms with Gasteiger partial charge < -0.3 is 0 Å². The van der Waals surface area contributed by atoms with E-state index < -0.39 is 0 Å². The van der Waals surface area contributed by atoms with E-state index in [2.05, 4.69) is 63.2 Å². The van der Waals surface area contributed by atoms with Crippen LogP contribution in [0.3, 0.4) is 0 Å². The first-order valence-corrected chi connectivity index (χ1v) is 8.65. The Labute approximate surface area is 139 Å². The first kappa shape index (κ1) is 15.7. The van der Waals surface area contributed by atoms with Crippen molar-refractivity contribution in [3.63, 3.8) is 0 Å². The topological polar surface area (TPSA) is 17.1 Å². The van der Waals surface area contributed by atoms with Crippen molar-refractivity contribution in [3.05, 3.63) is 69.8 Å². The summed E-state index contributed by atoms with van der Waals surface area (Å²) in [7, 11) is 0. The van der Waals surface area contributed by atoms with Gasteiger partial charge in [0.25, 0.3) is 0 Å². The van der Waals surface area contributed by atoms with Crippen molar-refractivity contribution in [2.75, 3.05) is 0 Å². The predicted molar refractivity (Wildman–Crippen MR) is 97.6 cm³/mol. The van der Waals surface area contributed by atoms with Crippen LogP contribution >= 0.6 is 0 Å². The lowest BCUT2D eigenvalue weighted by Crippen LogP contribution is -2.14.